The number of imidazole rings is 1. The van der Waals surface area contributed by atoms with E-state index in [1.54, 1.807) is 0 Å². The minimum atomic E-state index is 0.889. The van der Waals surface area contributed by atoms with Crippen molar-refractivity contribution in [1.82, 2.24) is 9.55 Å². The van der Waals surface area contributed by atoms with Gasteiger partial charge in [-0.15, -0.1) is 0 Å². The van der Waals surface area contributed by atoms with E-state index in [2.05, 4.69) is 15.7 Å². The molecule has 2 saturated carbocycles. The summed E-state index contributed by atoms with van der Waals surface area (Å²) in [6, 6.07) is 0. The molecular formula is C17H28N2. The zero-order valence-corrected chi connectivity index (χ0v) is 12.1. The molecule has 2 aliphatic rings. The molecule has 0 aliphatic heterocycles. The Labute approximate surface area is 117 Å². The van der Waals surface area contributed by atoms with Crippen LogP contribution in [-0.2, 0) is 6.54 Å². The summed E-state index contributed by atoms with van der Waals surface area (Å²) in [6.07, 6.45) is 20.9. The zero-order valence-electron chi connectivity index (χ0n) is 12.1. The highest BCUT2D eigenvalue weighted by molar-refractivity contribution is 4.80. The van der Waals surface area contributed by atoms with Gasteiger partial charge in [-0.2, -0.15) is 0 Å². The van der Waals surface area contributed by atoms with E-state index in [-0.39, 0.29) is 0 Å². The van der Waals surface area contributed by atoms with E-state index < -0.39 is 0 Å². The van der Waals surface area contributed by atoms with Gasteiger partial charge in [-0.3, -0.25) is 0 Å². The monoisotopic (exact) mass is 260 g/mol. The number of hydrogen-bond donors (Lipinski definition) is 0. The van der Waals surface area contributed by atoms with Crippen LogP contribution >= 0.6 is 0 Å². The SMILES string of the molecule is c1cn(CC(CC2CCCC2)CC2CCCC2)cn1. The van der Waals surface area contributed by atoms with Crippen molar-refractivity contribution < 1.29 is 0 Å². The molecule has 2 nitrogen and oxygen atoms in total. The molecule has 3 rings (SSSR count). The third-order valence-corrected chi connectivity index (χ3v) is 5.31. The Bertz CT molecular complexity index is 327. The summed E-state index contributed by atoms with van der Waals surface area (Å²) in [5.74, 6) is 2.94. The van der Waals surface area contributed by atoms with Gasteiger partial charge in [-0.05, 0) is 30.6 Å². The van der Waals surface area contributed by atoms with Crippen LogP contribution in [0.5, 0.6) is 0 Å². The molecule has 0 bridgehead atoms. The predicted molar refractivity (Wildman–Crippen MR) is 78.9 cm³/mol. The van der Waals surface area contributed by atoms with Crippen molar-refractivity contribution in [2.24, 2.45) is 17.8 Å². The standard InChI is InChI=1S/C17H28N2/c1-2-6-15(5-1)11-17(12-16-7-3-4-8-16)13-19-10-9-18-14-19/h9-10,14-17H,1-8,11-13H2. The second kappa shape index (κ2) is 6.58. The van der Waals surface area contributed by atoms with Crippen molar-refractivity contribution in [3.63, 3.8) is 0 Å². The number of hydrogen-bond acceptors (Lipinski definition) is 1. The number of nitrogens with zero attached hydrogens (tertiary/aromatic N) is 2. The molecule has 2 heteroatoms. The van der Waals surface area contributed by atoms with E-state index in [1.807, 2.05) is 12.5 Å². The number of rotatable bonds is 6. The van der Waals surface area contributed by atoms with Crippen LogP contribution in [-0.4, -0.2) is 9.55 Å². The van der Waals surface area contributed by atoms with Crippen LogP contribution < -0.4 is 0 Å². The Morgan fingerprint density at radius 1 is 0.947 bits per heavy atom. The lowest BCUT2D eigenvalue weighted by atomic mass is 9.85. The quantitative estimate of drug-likeness (QED) is 0.727. The predicted octanol–water partition coefficient (Wildman–Crippen LogP) is 4.66. The van der Waals surface area contributed by atoms with Crippen LogP contribution in [0.3, 0.4) is 0 Å². The van der Waals surface area contributed by atoms with Crippen LogP contribution in [0, 0.1) is 17.8 Å². The third-order valence-electron chi connectivity index (χ3n) is 5.31. The third kappa shape index (κ3) is 3.84. The smallest absolute Gasteiger partial charge is 0.0945 e. The second-order valence-corrected chi connectivity index (χ2v) is 6.90. The lowest BCUT2D eigenvalue weighted by Crippen LogP contribution is -2.16. The van der Waals surface area contributed by atoms with Crippen LogP contribution in [0.2, 0.25) is 0 Å². The molecule has 106 valence electrons. The van der Waals surface area contributed by atoms with Crippen LogP contribution in [0.4, 0.5) is 0 Å². The molecule has 1 heterocycles. The lowest BCUT2D eigenvalue weighted by Gasteiger charge is -2.24. The Kier molecular flexibility index (Phi) is 4.58. The van der Waals surface area contributed by atoms with E-state index in [9.17, 15) is 0 Å². The zero-order chi connectivity index (χ0) is 12.9. The Morgan fingerprint density at radius 3 is 2.00 bits per heavy atom. The first-order valence-corrected chi connectivity index (χ1v) is 8.36. The topological polar surface area (TPSA) is 17.8 Å². The Hall–Kier alpha value is -0.790. The summed E-state index contributed by atoms with van der Waals surface area (Å²) >= 11 is 0. The van der Waals surface area contributed by atoms with Gasteiger partial charge >= 0.3 is 0 Å². The van der Waals surface area contributed by atoms with Gasteiger partial charge in [0.1, 0.15) is 0 Å². The van der Waals surface area contributed by atoms with Gasteiger partial charge in [0.25, 0.3) is 0 Å². The minimum Gasteiger partial charge on any atom is -0.337 e. The van der Waals surface area contributed by atoms with E-state index in [4.69, 9.17) is 0 Å². The molecule has 0 radical (unpaired) electrons. The molecule has 1 aromatic heterocycles. The highest BCUT2D eigenvalue weighted by atomic mass is 15.0. The van der Waals surface area contributed by atoms with Gasteiger partial charge in [0.05, 0.1) is 6.33 Å². The molecule has 0 amide bonds. The highest BCUT2D eigenvalue weighted by Gasteiger charge is 2.24. The van der Waals surface area contributed by atoms with Crippen molar-refractivity contribution in [1.29, 1.82) is 0 Å². The summed E-state index contributed by atoms with van der Waals surface area (Å²) < 4.78 is 2.30. The average Bonchev–Trinajstić information content (AvgIpc) is 3.10. The Morgan fingerprint density at radius 2 is 1.53 bits per heavy atom. The molecule has 2 fully saturated rings. The van der Waals surface area contributed by atoms with Gasteiger partial charge in [0.2, 0.25) is 0 Å². The first-order chi connectivity index (χ1) is 9.40. The average molecular weight is 260 g/mol. The number of aromatic nitrogens is 2. The van der Waals surface area contributed by atoms with Crippen LogP contribution in [0.25, 0.3) is 0 Å². The highest BCUT2D eigenvalue weighted by Crippen LogP contribution is 2.36. The van der Waals surface area contributed by atoms with Crippen molar-refractivity contribution in [2.45, 2.75) is 70.8 Å². The molecule has 0 unspecified atom stereocenters. The van der Waals surface area contributed by atoms with Crippen molar-refractivity contribution in [2.75, 3.05) is 0 Å². The molecule has 0 spiro atoms. The van der Waals surface area contributed by atoms with E-state index in [0.29, 0.717) is 0 Å². The normalized spacial score (nSPS) is 21.7. The molecule has 0 atom stereocenters. The molecule has 2 aliphatic carbocycles. The van der Waals surface area contributed by atoms with E-state index in [0.717, 1.165) is 17.8 Å². The molecule has 0 N–H and O–H groups in total. The second-order valence-electron chi connectivity index (χ2n) is 6.90. The van der Waals surface area contributed by atoms with Crippen molar-refractivity contribution >= 4 is 0 Å². The first kappa shape index (κ1) is 13.2. The van der Waals surface area contributed by atoms with Gasteiger partial charge in [0, 0.05) is 18.9 Å². The molecule has 0 saturated heterocycles. The summed E-state index contributed by atoms with van der Waals surface area (Å²) in [6.45, 7) is 1.20. The fraction of sp³-hybridized carbons (Fsp3) is 0.824. The first-order valence-electron chi connectivity index (χ1n) is 8.36. The van der Waals surface area contributed by atoms with Gasteiger partial charge < -0.3 is 4.57 Å². The maximum Gasteiger partial charge on any atom is 0.0945 e. The van der Waals surface area contributed by atoms with Crippen LogP contribution in [0.15, 0.2) is 18.7 Å². The summed E-state index contributed by atoms with van der Waals surface area (Å²) in [4.78, 5) is 4.20. The van der Waals surface area contributed by atoms with E-state index in [1.165, 1.54) is 70.8 Å². The molecule has 19 heavy (non-hydrogen) atoms. The fourth-order valence-corrected chi connectivity index (χ4v) is 4.37. The largest absolute Gasteiger partial charge is 0.337 e. The summed E-state index contributed by atoms with van der Waals surface area (Å²) in [5.41, 5.74) is 0. The fourth-order valence-electron chi connectivity index (χ4n) is 4.37. The molecular weight excluding hydrogens is 232 g/mol. The lowest BCUT2D eigenvalue weighted by molar-refractivity contribution is 0.277. The van der Waals surface area contributed by atoms with Crippen molar-refractivity contribution in [3.05, 3.63) is 18.7 Å². The van der Waals surface area contributed by atoms with Gasteiger partial charge in [0.15, 0.2) is 0 Å². The minimum absolute atomic E-state index is 0.889. The van der Waals surface area contributed by atoms with E-state index >= 15 is 0 Å². The summed E-state index contributed by atoms with van der Waals surface area (Å²) in [7, 11) is 0. The maximum atomic E-state index is 4.20. The van der Waals surface area contributed by atoms with Gasteiger partial charge in [-0.1, -0.05) is 51.4 Å². The van der Waals surface area contributed by atoms with Gasteiger partial charge in [-0.25, -0.2) is 4.98 Å². The molecule has 0 aromatic carbocycles. The Balaban J connectivity index is 1.56. The summed E-state index contributed by atoms with van der Waals surface area (Å²) in [5, 5.41) is 0. The van der Waals surface area contributed by atoms with Crippen LogP contribution in [0.1, 0.15) is 64.2 Å². The van der Waals surface area contributed by atoms with Crippen molar-refractivity contribution in [3.8, 4) is 0 Å². The maximum absolute atomic E-state index is 4.20. The molecule has 1 aromatic rings.